The Morgan fingerprint density at radius 1 is 0.460 bits per heavy atom. The molecule has 0 aliphatic heterocycles. The van der Waals surface area contributed by atoms with Crippen molar-refractivity contribution in [2.24, 2.45) is 23.7 Å². The summed E-state index contributed by atoms with van der Waals surface area (Å²) in [5.74, 6) is 5.15. The Kier molecular flexibility index (Phi) is 6.10. The Morgan fingerprint density at radius 2 is 1.06 bits per heavy atom. The number of rotatable bonds is 4. The molecule has 4 bridgehead atoms. The zero-order valence-electron chi connectivity index (χ0n) is 27.8. The second kappa shape index (κ2) is 10.8. The van der Waals surface area contributed by atoms with Crippen LogP contribution in [0.15, 0.2) is 134 Å². The van der Waals surface area contributed by atoms with Crippen LogP contribution in [0.25, 0.3) is 67.2 Å². The summed E-state index contributed by atoms with van der Waals surface area (Å²) in [6.45, 7) is 0. The van der Waals surface area contributed by atoms with Crippen molar-refractivity contribution in [3.8, 4) is 56.4 Å². The van der Waals surface area contributed by atoms with Crippen molar-refractivity contribution >= 4 is 10.8 Å². The van der Waals surface area contributed by atoms with Gasteiger partial charge in [0.2, 0.25) is 0 Å². The van der Waals surface area contributed by atoms with Gasteiger partial charge in [-0.1, -0.05) is 121 Å². The number of fused-ring (bicyclic) bond motifs is 4. The molecular weight excluding hydrogens is 609 g/mol. The maximum Gasteiger partial charge on any atom is 0.165 e. The van der Waals surface area contributed by atoms with E-state index < -0.39 is 0 Å². The van der Waals surface area contributed by atoms with Gasteiger partial charge in [-0.2, -0.15) is 0 Å². The minimum atomic E-state index is 0.0384. The van der Waals surface area contributed by atoms with Gasteiger partial charge in [-0.05, 0) is 94.9 Å². The van der Waals surface area contributed by atoms with Gasteiger partial charge in [0.1, 0.15) is 0 Å². The average Bonchev–Trinajstić information content (AvgIpc) is 3.47. The van der Waals surface area contributed by atoms with Gasteiger partial charge in [0.15, 0.2) is 17.5 Å². The first-order valence-electron chi connectivity index (χ1n) is 18.2. The van der Waals surface area contributed by atoms with Crippen molar-refractivity contribution < 1.29 is 0 Å². The lowest BCUT2D eigenvalue weighted by molar-refractivity contribution is -0.0415. The Balaban J connectivity index is 1.08. The van der Waals surface area contributed by atoms with E-state index in [1.54, 1.807) is 0 Å². The molecular formula is C46H36N4. The largest absolute Gasteiger partial charge is 0.259 e. The Morgan fingerprint density at radius 3 is 1.86 bits per heavy atom. The molecule has 12 rings (SSSR count). The van der Waals surface area contributed by atoms with Gasteiger partial charge in [-0.3, -0.25) is 4.98 Å². The van der Waals surface area contributed by atoms with Crippen molar-refractivity contribution in [3.05, 3.63) is 145 Å². The molecule has 5 aliphatic carbocycles. The summed E-state index contributed by atoms with van der Waals surface area (Å²) < 4.78 is 0. The summed E-state index contributed by atoms with van der Waals surface area (Å²) in [5.41, 5.74) is 10.7. The molecule has 0 unspecified atom stereocenters. The third-order valence-corrected chi connectivity index (χ3v) is 12.5. The molecule has 2 aromatic heterocycles. The summed E-state index contributed by atoms with van der Waals surface area (Å²) >= 11 is 0. The van der Waals surface area contributed by atoms with Crippen LogP contribution in [0.2, 0.25) is 0 Å². The van der Waals surface area contributed by atoms with Gasteiger partial charge in [0, 0.05) is 33.9 Å². The number of nitrogens with zero attached hydrogens (tertiary/aromatic N) is 4. The lowest BCUT2D eigenvalue weighted by Crippen LogP contribution is -2.55. The van der Waals surface area contributed by atoms with E-state index in [0.29, 0.717) is 29.3 Å². The predicted octanol–water partition coefficient (Wildman–Crippen LogP) is 10.8. The van der Waals surface area contributed by atoms with Crippen molar-refractivity contribution in [1.29, 1.82) is 0 Å². The number of hydrogen-bond donors (Lipinski definition) is 0. The Hall–Kier alpha value is -5.48. The van der Waals surface area contributed by atoms with Gasteiger partial charge in [0.25, 0.3) is 0 Å². The quantitative estimate of drug-likeness (QED) is 0.191. The zero-order valence-corrected chi connectivity index (χ0v) is 27.8. The van der Waals surface area contributed by atoms with Crippen molar-refractivity contribution in [2.75, 3.05) is 0 Å². The number of hydrogen-bond acceptors (Lipinski definition) is 4. The van der Waals surface area contributed by atoms with Crippen LogP contribution in [0, 0.1) is 23.7 Å². The van der Waals surface area contributed by atoms with Gasteiger partial charge >= 0.3 is 0 Å². The van der Waals surface area contributed by atoms with Crippen LogP contribution in [-0.4, -0.2) is 19.9 Å². The van der Waals surface area contributed by atoms with Crippen LogP contribution < -0.4 is 0 Å². The van der Waals surface area contributed by atoms with Crippen LogP contribution in [0.1, 0.15) is 43.4 Å². The zero-order chi connectivity index (χ0) is 32.8. The lowest BCUT2D eigenvalue weighted by Gasteiger charge is -2.60. The SMILES string of the molecule is c1ccc(-c2ccc(-c3nc(-c4cnc5c(c4)-c4ccccc4C54C5CC6CC(C5)CC4C6)nc(-c4cccc5ccccc45)n3)cc2)cc1. The Labute approximate surface area is 292 Å². The van der Waals surface area contributed by atoms with Crippen molar-refractivity contribution in [1.82, 2.24) is 19.9 Å². The molecule has 0 atom stereocenters. The van der Waals surface area contributed by atoms with Crippen LogP contribution in [0.3, 0.4) is 0 Å². The molecule has 1 spiro atoms. The summed E-state index contributed by atoms with van der Waals surface area (Å²) in [5, 5.41) is 2.29. The van der Waals surface area contributed by atoms with Crippen LogP contribution >= 0.6 is 0 Å². The van der Waals surface area contributed by atoms with Crippen molar-refractivity contribution in [3.63, 3.8) is 0 Å². The van der Waals surface area contributed by atoms with Gasteiger partial charge in [-0.15, -0.1) is 0 Å². The molecule has 0 saturated heterocycles. The van der Waals surface area contributed by atoms with Gasteiger partial charge in [0.05, 0.1) is 5.69 Å². The molecule has 240 valence electrons. The maximum atomic E-state index is 5.45. The molecule has 0 N–H and O–H groups in total. The second-order valence-corrected chi connectivity index (χ2v) is 15.1. The molecule has 2 heterocycles. The average molecular weight is 645 g/mol. The van der Waals surface area contributed by atoms with Crippen LogP contribution in [0.5, 0.6) is 0 Å². The highest BCUT2D eigenvalue weighted by Crippen LogP contribution is 2.69. The third-order valence-electron chi connectivity index (χ3n) is 12.5. The smallest absolute Gasteiger partial charge is 0.165 e. The Bertz CT molecular complexity index is 2420. The first kappa shape index (κ1) is 28.4. The number of benzene rings is 5. The normalized spacial score (nSPS) is 24.1. The van der Waals surface area contributed by atoms with E-state index in [4.69, 9.17) is 19.9 Å². The van der Waals surface area contributed by atoms with Gasteiger partial charge in [-0.25, -0.2) is 15.0 Å². The molecule has 5 aliphatic rings. The first-order valence-corrected chi connectivity index (χ1v) is 18.2. The van der Waals surface area contributed by atoms with E-state index in [2.05, 4.69) is 128 Å². The number of pyridine rings is 1. The fraction of sp³-hybridized carbons (Fsp3) is 0.217. The van der Waals surface area contributed by atoms with E-state index in [9.17, 15) is 0 Å². The summed E-state index contributed by atoms with van der Waals surface area (Å²) in [6, 6.07) is 45.4. The summed E-state index contributed by atoms with van der Waals surface area (Å²) in [4.78, 5) is 21.0. The number of aromatic nitrogens is 4. The minimum absolute atomic E-state index is 0.0384. The minimum Gasteiger partial charge on any atom is -0.259 e. The summed E-state index contributed by atoms with van der Waals surface area (Å²) in [6.07, 6.45) is 8.88. The lowest BCUT2D eigenvalue weighted by atomic mass is 9.43. The monoisotopic (exact) mass is 644 g/mol. The van der Waals surface area contributed by atoms with Gasteiger partial charge < -0.3 is 0 Å². The van der Waals surface area contributed by atoms with E-state index in [-0.39, 0.29) is 5.41 Å². The molecule has 4 nitrogen and oxygen atoms in total. The fourth-order valence-corrected chi connectivity index (χ4v) is 10.7. The fourth-order valence-electron chi connectivity index (χ4n) is 10.7. The van der Waals surface area contributed by atoms with Crippen molar-refractivity contribution in [2.45, 2.75) is 37.5 Å². The maximum absolute atomic E-state index is 5.45. The molecule has 7 aromatic rings. The third kappa shape index (κ3) is 4.11. The van der Waals surface area contributed by atoms with E-state index in [0.717, 1.165) is 44.9 Å². The molecule has 0 amide bonds. The highest BCUT2D eigenvalue weighted by molar-refractivity contribution is 5.95. The van der Waals surface area contributed by atoms with Crippen LogP contribution in [-0.2, 0) is 5.41 Å². The molecule has 0 radical (unpaired) electrons. The molecule has 50 heavy (non-hydrogen) atoms. The highest BCUT2D eigenvalue weighted by Gasteiger charge is 2.62. The second-order valence-electron chi connectivity index (χ2n) is 15.1. The highest BCUT2D eigenvalue weighted by atomic mass is 15.0. The van der Waals surface area contributed by atoms with E-state index in [1.807, 2.05) is 6.07 Å². The standard InChI is InChI=1S/C46H36N4/c1-2-9-30(10-3-1)31-17-19-33(20-18-31)43-48-44(50-45(49-43)39-15-8-12-32-11-4-5-13-37(32)39)34-26-40-38-14-6-7-16-41(38)46(42(40)47-27-34)35-22-28-21-29(24-35)25-36(46)23-28/h1-20,26-29,35-36H,21-25H2. The summed E-state index contributed by atoms with van der Waals surface area (Å²) in [7, 11) is 0. The molecule has 5 aromatic carbocycles. The molecule has 4 fully saturated rings. The first-order chi connectivity index (χ1) is 24.7. The topological polar surface area (TPSA) is 51.6 Å². The molecule has 4 heteroatoms. The molecule has 4 saturated carbocycles. The van der Waals surface area contributed by atoms with Crippen LogP contribution in [0.4, 0.5) is 0 Å². The van der Waals surface area contributed by atoms with E-state index in [1.165, 1.54) is 60.1 Å². The predicted molar refractivity (Wildman–Crippen MR) is 200 cm³/mol. The van der Waals surface area contributed by atoms with E-state index >= 15 is 0 Å².